The summed E-state index contributed by atoms with van der Waals surface area (Å²) in [6, 6.07) is 14.6. The number of hydrogen-bond acceptors (Lipinski definition) is 4. The van der Waals surface area contributed by atoms with Crippen LogP contribution in [0.3, 0.4) is 0 Å². The number of benzene rings is 2. The van der Waals surface area contributed by atoms with E-state index < -0.39 is 0 Å². The van der Waals surface area contributed by atoms with Crippen molar-refractivity contribution in [2.24, 2.45) is 0 Å². The second-order valence-electron chi connectivity index (χ2n) is 6.10. The van der Waals surface area contributed by atoms with Crippen LogP contribution in [0.4, 0.5) is 5.69 Å². The fourth-order valence-corrected chi connectivity index (χ4v) is 2.29. The van der Waals surface area contributed by atoms with Crippen LogP contribution in [-0.4, -0.2) is 31.5 Å². The van der Waals surface area contributed by atoms with Gasteiger partial charge in [0.25, 0.3) is 5.91 Å². The highest BCUT2D eigenvalue weighted by atomic mass is 16.5. The summed E-state index contributed by atoms with van der Waals surface area (Å²) >= 11 is 0. The van der Waals surface area contributed by atoms with Crippen LogP contribution in [0.1, 0.15) is 29.8 Å². The molecule has 0 saturated heterocycles. The number of rotatable bonds is 8. The summed E-state index contributed by atoms with van der Waals surface area (Å²) in [5, 5.41) is 8.46. The van der Waals surface area contributed by atoms with Gasteiger partial charge in [-0.3, -0.25) is 9.59 Å². The van der Waals surface area contributed by atoms with Gasteiger partial charge in [0.15, 0.2) is 0 Å². The number of carbonyl (C=O) groups is 2. The zero-order valence-electron chi connectivity index (χ0n) is 15.3. The van der Waals surface area contributed by atoms with Crippen molar-refractivity contribution in [2.45, 2.75) is 26.5 Å². The fourth-order valence-electron chi connectivity index (χ4n) is 2.29. The lowest BCUT2D eigenvalue weighted by atomic mass is 10.2. The summed E-state index contributed by atoms with van der Waals surface area (Å²) in [4.78, 5) is 23.4. The lowest BCUT2D eigenvalue weighted by molar-refractivity contribution is -0.119. The smallest absolute Gasteiger partial charge is 0.251 e. The van der Waals surface area contributed by atoms with Gasteiger partial charge in [-0.05, 0) is 55.8 Å². The van der Waals surface area contributed by atoms with Gasteiger partial charge in [0.05, 0.1) is 12.6 Å². The molecule has 2 amide bonds. The van der Waals surface area contributed by atoms with Crippen LogP contribution in [0.15, 0.2) is 48.5 Å². The van der Waals surface area contributed by atoms with E-state index in [4.69, 9.17) is 4.74 Å². The standard InChI is InChI=1S/C20H25N3O3/c1-14(2)26-18-10-4-15(5-11-18)12-23-19(24)13-22-17-8-6-16(7-9-17)20(25)21-3/h4-11,14,22H,12-13H2,1-3H3,(H,21,25)(H,23,24). The molecule has 0 bridgehead atoms. The van der Waals surface area contributed by atoms with Crippen molar-refractivity contribution in [1.29, 1.82) is 0 Å². The number of amides is 2. The molecule has 0 fully saturated rings. The van der Waals surface area contributed by atoms with E-state index >= 15 is 0 Å². The Labute approximate surface area is 153 Å². The molecular formula is C20H25N3O3. The zero-order valence-corrected chi connectivity index (χ0v) is 15.3. The van der Waals surface area contributed by atoms with Gasteiger partial charge < -0.3 is 20.7 Å². The van der Waals surface area contributed by atoms with Crippen LogP contribution in [0, 0.1) is 0 Å². The lowest BCUT2D eigenvalue weighted by Gasteiger charge is -2.11. The second-order valence-corrected chi connectivity index (χ2v) is 6.10. The molecule has 0 aliphatic rings. The number of nitrogens with one attached hydrogen (secondary N) is 3. The molecule has 0 spiro atoms. The van der Waals surface area contributed by atoms with Crippen molar-refractivity contribution in [3.8, 4) is 5.75 Å². The van der Waals surface area contributed by atoms with E-state index in [2.05, 4.69) is 16.0 Å². The molecule has 138 valence electrons. The molecule has 26 heavy (non-hydrogen) atoms. The number of carbonyl (C=O) groups excluding carboxylic acids is 2. The van der Waals surface area contributed by atoms with E-state index in [0.717, 1.165) is 17.0 Å². The highest BCUT2D eigenvalue weighted by molar-refractivity contribution is 5.94. The zero-order chi connectivity index (χ0) is 18.9. The highest BCUT2D eigenvalue weighted by Gasteiger charge is 2.05. The van der Waals surface area contributed by atoms with Crippen LogP contribution in [0.2, 0.25) is 0 Å². The average molecular weight is 355 g/mol. The molecule has 2 aromatic carbocycles. The van der Waals surface area contributed by atoms with Crippen molar-refractivity contribution < 1.29 is 14.3 Å². The Hall–Kier alpha value is -3.02. The van der Waals surface area contributed by atoms with Gasteiger partial charge in [0.2, 0.25) is 5.91 Å². The van der Waals surface area contributed by atoms with E-state index in [1.54, 1.807) is 31.3 Å². The Bertz CT molecular complexity index is 725. The molecule has 3 N–H and O–H groups in total. The molecule has 0 saturated carbocycles. The summed E-state index contributed by atoms with van der Waals surface area (Å²) in [6.07, 6.45) is 0.136. The Kier molecular flexibility index (Phi) is 7.02. The van der Waals surface area contributed by atoms with Crippen LogP contribution < -0.4 is 20.7 Å². The molecule has 0 unspecified atom stereocenters. The fraction of sp³-hybridized carbons (Fsp3) is 0.300. The summed E-state index contributed by atoms with van der Waals surface area (Å²) in [6.45, 7) is 4.58. The Morgan fingerprint density at radius 2 is 1.65 bits per heavy atom. The first-order chi connectivity index (χ1) is 12.5. The Morgan fingerprint density at radius 1 is 1.00 bits per heavy atom. The van der Waals surface area contributed by atoms with Crippen LogP contribution in [0.5, 0.6) is 5.75 Å². The third-order valence-electron chi connectivity index (χ3n) is 3.61. The maximum Gasteiger partial charge on any atom is 0.251 e. The quantitative estimate of drug-likeness (QED) is 0.680. The predicted molar refractivity (Wildman–Crippen MR) is 102 cm³/mol. The molecule has 0 atom stereocenters. The topological polar surface area (TPSA) is 79.5 Å². The summed E-state index contributed by atoms with van der Waals surface area (Å²) < 4.78 is 5.59. The van der Waals surface area contributed by atoms with E-state index in [1.807, 2.05) is 38.1 Å². The summed E-state index contributed by atoms with van der Waals surface area (Å²) in [7, 11) is 1.59. The maximum atomic E-state index is 12.0. The predicted octanol–water partition coefficient (Wildman–Crippen LogP) is 2.56. The van der Waals surface area contributed by atoms with Crippen LogP contribution in [-0.2, 0) is 11.3 Å². The first-order valence-electron chi connectivity index (χ1n) is 8.56. The average Bonchev–Trinajstić information content (AvgIpc) is 2.65. The van der Waals surface area contributed by atoms with Gasteiger partial charge in [0.1, 0.15) is 5.75 Å². The molecule has 0 aliphatic carbocycles. The minimum Gasteiger partial charge on any atom is -0.491 e. The van der Waals surface area contributed by atoms with Gasteiger partial charge in [-0.2, -0.15) is 0 Å². The molecule has 6 nitrogen and oxygen atoms in total. The molecule has 6 heteroatoms. The largest absolute Gasteiger partial charge is 0.491 e. The maximum absolute atomic E-state index is 12.0. The van der Waals surface area contributed by atoms with E-state index in [-0.39, 0.29) is 24.5 Å². The minimum atomic E-state index is -0.140. The van der Waals surface area contributed by atoms with Gasteiger partial charge >= 0.3 is 0 Å². The molecule has 0 aromatic heterocycles. The minimum absolute atomic E-state index is 0.108. The molecule has 0 heterocycles. The SMILES string of the molecule is CNC(=O)c1ccc(NCC(=O)NCc2ccc(OC(C)C)cc2)cc1. The molecule has 0 aliphatic heterocycles. The van der Waals surface area contributed by atoms with Crippen molar-refractivity contribution in [3.63, 3.8) is 0 Å². The first-order valence-corrected chi connectivity index (χ1v) is 8.56. The second kappa shape index (κ2) is 9.46. The van der Waals surface area contributed by atoms with Crippen LogP contribution in [0.25, 0.3) is 0 Å². The summed E-state index contributed by atoms with van der Waals surface area (Å²) in [5.41, 5.74) is 2.36. The molecule has 0 radical (unpaired) electrons. The number of anilines is 1. The first kappa shape index (κ1) is 19.3. The van der Waals surface area contributed by atoms with Crippen molar-refractivity contribution in [2.75, 3.05) is 18.9 Å². The lowest BCUT2D eigenvalue weighted by Crippen LogP contribution is -2.29. The van der Waals surface area contributed by atoms with E-state index in [9.17, 15) is 9.59 Å². The highest BCUT2D eigenvalue weighted by Crippen LogP contribution is 2.13. The van der Waals surface area contributed by atoms with Crippen molar-refractivity contribution in [1.82, 2.24) is 10.6 Å². The number of hydrogen-bond donors (Lipinski definition) is 3. The third-order valence-corrected chi connectivity index (χ3v) is 3.61. The van der Waals surface area contributed by atoms with Crippen molar-refractivity contribution in [3.05, 3.63) is 59.7 Å². The monoisotopic (exact) mass is 355 g/mol. The van der Waals surface area contributed by atoms with Gasteiger partial charge in [0, 0.05) is 24.8 Å². The molecular weight excluding hydrogens is 330 g/mol. The summed E-state index contributed by atoms with van der Waals surface area (Å²) in [5.74, 6) is 0.568. The van der Waals surface area contributed by atoms with Crippen molar-refractivity contribution >= 4 is 17.5 Å². The number of ether oxygens (including phenoxy) is 1. The third kappa shape index (κ3) is 6.12. The normalized spacial score (nSPS) is 10.3. The Balaban J connectivity index is 1.75. The molecule has 2 rings (SSSR count). The Morgan fingerprint density at radius 3 is 2.23 bits per heavy atom. The van der Waals surface area contributed by atoms with E-state index in [0.29, 0.717) is 12.1 Å². The van der Waals surface area contributed by atoms with E-state index in [1.165, 1.54) is 0 Å². The molecule has 2 aromatic rings. The van der Waals surface area contributed by atoms with Gasteiger partial charge in [-0.25, -0.2) is 0 Å². The van der Waals surface area contributed by atoms with Gasteiger partial charge in [-0.1, -0.05) is 12.1 Å². The van der Waals surface area contributed by atoms with Crippen LogP contribution >= 0.6 is 0 Å². The van der Waals surface area contributed by atoms with Gasteiger partial charge in [-0.15, -0.1) is 0 Å².